The topological polar surface area (TPSA) is 101 Å². The van der Waals surface area contributed by atoms with Crippen LogP contribution in [0.3, 0.4) is 0 Å². The average Bonchev–Trinajstić information content (AvgIpc) is 2.48. The van der Waals surface area contributed by atoms with Gasteiger partial charge in [-0.15, -0.1) is 12.4 Å². The van der Waals surface area contributed by atoms with Crippen LogP contribution in [-0.2, 0) is 10.0 Å². The molecular weight excluding hydrogens is 349 g/mol. The number of sulfonamides is 1. The number of hydrogen-bond donors (Lipinski definition) is 2. The molecule has 1 unspecified atom stereocenters. The number of halogens is 2. The molecule has 1 aromatic carbocycles. The Bertz CT molecular complexity index is 678. The van der Waals surface area contributed by atoms with Gasteiger partial charge in [0.1, 0.15) is 5.82 Å². The maximum absolute atomic E-state index is 13.7. The van der Waals surface area contributed by atoms with Crippen LogP contribution in [0.25, 0.3) is 0 Å². The first-order valence-electron chi connectivity index (χ1n) is 6.96. The van der Waals surface area contributed by atoms with Crippen molar-refractivity contribution in [3.8, 4) is 0 Å². The van der Waals surface area contributed by atoms with Crippen LogP contribution in [-0.4, -0.2) is 33.0 Å². The highest BCUT2D eigenvalue weighted by Crippen LogP contribution is 2.25. The maximum atomic E-state index is 13.7. The molecule has 0 amide bonds. The summed E-state index contributed by atoms with van der Waals surface area (Å²) in [5.41, 5.74) is -0.722. The van der Waals surface area contributed by atoms with Gasteiger partial charge >= 0.3 is 0 Å². The number of nitro benzene ring substituents is 1. The summed E-state index contributed by atoms with van der Waals surface area (Å²) in [5, 5.41) is 14.0. The summed E-state index contributed by atoms with van der Waals surface area (Å²) in [6.45, 7) is 3.09. The molecule has 23 heavy (non-hydrogen) atoms. The SMILES string of the molecule is Cc1c(F)cc(S(=O)(=O)NCC2CCCNC2)cc1[N+](=O)[O-].Cl. The van der Waals surface area contributed by atoms with Crippen LogP contribution in [0.1, 0.15) is 18.4 Å². The van der Waals surface area contributed by atoms with E-state index in [1.165, 1.54) is 6.92 Å². The van der Waals surface area contributed by atoms with Crippen molar-refractivity contribution in [3.05, 3.63) is 33.6 Å². The molecule has 1 aliphatic rings. The summed E-state index contributed by atoms with van der Waals surface area (Å²) < 4.78 is 40.5. The van der Waals surface area contributed by atoms with Gasteiger partial charge in [-0.3, -0.25) is 10.1 Å². The molecule has 2 N–H and O–H groups in total. The minimum absolute atomic E-state index is 0. The van der Waals surface area contributed by atoms with E-state index >= 15 is 0 Å². The van der Waals surface area contributed by atoms with Gasteiger partial charge < -0.3 is 5.32 Å². The van der Waals surface area contributed by atoms with Crippen LogP contribution in [0.4, 0.5) is 10.1 Å². The van der Waals surface area contributed by atoms with Gasteiger partial charge in [0.05, 0.1) is 15.4 Å². The molecule has 0 bridgehead atoms. The number of nitrogens with zero attached hydrogens (tertiary/aromatic N) is 1. The zero-order chi connectivity index (χ0) is 16.3. The van der Waals surface area contributed by atoms with E-state index in [1.54, 1.807) is 0 Å². The number of piperidine rings is 1. The molecule has 1 saturated heterocycles. The molecule has 10 heteroatoms. The Morgan fingerprint density at radius 2 is 2.17 bits per heavy atom. The summed E-state index contributed by atoms with van der Waals surface area (Å²) in [6, 6.07) is 1.70. The van der Waals surface area contributed by atoms with Gasteiger partial charge in [-0.25, -0.2) is 17.5 Å². The summed E-state index contributed by atoms with van der Waals surface area (Å²) in [5.74, 6) is -0.747. The standard InChI is InChI=1S/C13H18FN3O4S.ClH/c1-9-12(14)5-11(6-13(9)17(18)19)22(20,21)16-8-10-3-2-4-15-7-10;/h5-6,10,15-16H,2-4,7-8H2,1H3;1H. The monoisotopic (exact) mass is 367 g/mol. The Morgan fingerprint density at radius 1 is 1.48 bits per heavy atom. The average molecular weight is 368 g/mol. The summed E-state index contributed by atoms with van der Waals surface area (Å²) in [6.07, 6.45) is 1.87. The zero-order valence-corrected chi connectivity index (χ0v) is 14.2. The van der Waals surface area contributed by atoms with Gasteiger partial charge in [0.2, 0.25) is 10.0 Å². The molecule has 1 heterocycles. The second kappa shape index (κ2) is 8.00. The van der Waals surface area contributed by atoms with Gasteiger partial charge in [0, 0.05) is 12.6 Å². The summed E-state index contributed by atoms with van der Waals surface area (Å²) in [7, 11) is -3.98. The molecule has 0 saturated carbocycles. The van der Waals surface area contributed by atoms with E-state index in [2.05, 4.69) is 10.0 Å². The van der Waals surface area contributed by atoms with Crippen molar-refractivity contribution < 1.29 is 17.7 Å². The molecule has 0 radical (unpaired) electrons. The first kappa shape index (κ1) is 19.8. The third-order valence-electron chi connectivity index (χ3n) is 3.76. The first-order chi connectivity index (χ1) is 10.3. The minimum atomic E-state index is -3.98. The van der Waals surface area contributed by atoms with Crippen molar-refractivity contribution in [3.63, 3.8) is 0 Å². The lowest BCUT2D eigenvalue weighted by Gasteiger charge is -2.22. The molecule has 1 aromatic rings. The van der Waals surface area contributed by atoms with E-state index in [0.717, 1.165) is 31.5 Å². The molecular formula is C13H19ClFN3O4S. The maximum Gasteiger partial charge on any atom is 0.276 e. The molecule has 0 aliphatic carbocycles. The summed E-state index contributed by atoms with van der Waals surface area (Å²) in [4.78, 5) is 9.66. The lowest BCUT2D eigenvalue weighted by atomic mass is 10.0. The van der Waals surface area contributed by atoms with E-state index in [4.69, 9.17) is 0 Å². The normalized spacial score (nSPS) is 18.3. The van der Waals surface area contributed by atoms with Crippen LogP contribution < -0.4 is 10.0 Å². The van der Waals surface area contributed by atoms with Crippen molar-refractivity contribution in [2.45, 2.75) is 24.7 Å². The number of rotatable bonds is 5. The third kappa shape index (κ3) is 4.84. The fourth-order valence-electron chi connectivity index (χ4n) is 2.39. The van der Waals surface area contributed by atoms with E-state index in [-0.39, 0.29) is 30.4 Å². The van der Waals surface area contributed by atoms with E-state index in [1.807, 2.05) is 0 Å². The number of benzene rings is 1. The lowest BCUT2D eigenvalue weighted by molar-refractivity contribution is -0.385. The highest BCUT2D eigenvalue weighted by Gasteiger charge is 2.24. The highest BCUT2D eigenvalue weighted by atomic mass is 35.5. The van der Waals surface area contributed by atoms with Crippen LogP contribution in [0, 0.1) is 28.8 Å². The van der Waals surface area contributed by atoms with Crippen molar-refractivity contribution in [2.75, 3.05) is 19.6 Å². The van der Waals surface area contributed by atoms with Crippen LogP contribution in [0.5, 0.6) is 0 Å². The molecule has 1 aliphatic heterocycles. The second-order valence-electron chi connectivity index (χ2n) is 5.37. The van der Waals surface area contributed by atoms with Crippen molar-refractivity contribution in [2.24, 2.45) is 5.92 Å². The van der Waals surface area contributed by atoms with Gasteiger partial charge in [-0.1, -0.05) is 0 Å². The number of nitrogens with one attached hydrogen (secondary N) is 2. The molecule has 2 rings (SSSR count). The summed E-state index contributed by atoms with van der Waals surface area (Å²) >= 11 is 0. The van der Waals surface area contributed by atoms with Gasteiger partial charge in [0.25, 0.3) is 5.69 Å². The number of hydrogen-bond acceptors (Lipinski definition) is 5. The van der Waals surface area contributed by atoms with Crippen LogP contribution in [0.2, 0.25) is 0 Å². The Kier molecular flexibility index (Phi) is 6.87. The molecule has 7 nitrogen and oxygen atoms in total. The molecule has 0 aromatic heterocycles. The van der Waals surface area contributed by atoms with Gasteiger partial charge in [-0.2, -0.15) is 0 Å². The smallest absolute Gasteiger partial charge is 0.276 e. The van der Waals surface area contributed by atoms with Crippen molar-refractivity contribution in [1.29, 1.82) is 0 Å². The van der Waals surface area contributed by atoms with E-state index in [0.29, 0.717) is 6.54 Å². The molecule has 1 atom stereocenters. The Morgan fingerprint density at radius 3 is 2.74 bits per heavy atom. The Balaban J connectivity index is 0.00000264. The van der Waals surface area contributed by atoms with Crippen molar-refractivity contribution in [1.82, 2.24) is 10.0 Å². The number of nitro groups is 1. The fourth-order valence-corrected chi connectivity index (χ4v) is 3.54. The lowest BCUT2D eigenvalue weighted by Crippen LogP contribution is -2.38. The minimum Gasteiger partial charge on any atom is -0.316 e. The van der Waals surface area contributed by atoms with E-state index in [9.17, 15) is 22.9 Å². The fraction of sp³-hybridized carbons (Fsp3) is 0.538. The predicted molar refractivity (Wildman–Crippen MR) is 85.8 cm³/mol. The predicted octanol–water partition coefficient (Wildman–Crippen LogP) is 1.74. The van der Waals surface area contributed by atoms with Crippen LogP contribution >= 0.6 is 12.4 Å². The molecule has 130 valence electrons. The Labute approximate surface area is 140 Å². The second-order valence-corrected chi connectivity index (χ2v) is 7.14. The van der Waals surface area contributed by atoms with Crippen molar-refractivity contribution >= 4 is 28.1 Å². The van der Waals surface area contributed by atoms with E-state index < -0.39 is 31.3 Å². The largest absolute Gasteiger partial charge is 0.316 e. The van der Waals surface area contributed by atoms with Crippen LogP contribution in [0.15, 0.2) is 17.0 Å². The van der Waals surface area contributed by atoms with Gasteiger partial charge in [0.15, 0.2) is 0 Å². The third-order valence-corrected chi connectivity index (χ3v) is 5.16. The highest BCUT2D eigenvalue weighted by molar-refractivity contribution is 7.89. The quantitative estimate of drug-likeness (QED) is 0.609. The molecule has 0 spiro atoms. The first-order valence-corrected chi connectivity index (χ1v) is 8.44. The van der Waals surface area contributed by atoms with Gasteiger partial charge in [-0.05, 0) is 44.8 Å². The zero-order valence-electron chi connectivity index (χ0n) is 12.5. The molecule has 1 fully saturated rings. The Hall–Kier alpha value is -1.29.